The third kappa shape index (κ3) is 7.78. The molecule has 8 heteroatoms. The first-order valence-corrected chi connectivity index (χ1v) is 17.0. The molecule has 3 aromatic rings. The van der Waals surface area contributed by atoms with E-state index in [1.165, 1.54) is 45.1 Å². The van der Waals surface area contributed by atoms with Gasteiger partial charge in [0, 0.05) is 44.6 Å². The Labute approximate surface area is 267 Å². The Balaban J connectivity index is 0.858. The van der Waals surface area contributed by atoms with Gasteiger partial charge in [0.25, 0.3) is 5.91 Å². The van der Waals surface area contributed by atoms with Gasteiger partial charge >= 0.3 is 0 Å². The molecule has 3 heterocycles. The zero-order chi connectivity index (χ0) is 31.0. The number of hydrogen-bond acceptors (Lipinski definition) is 6. The summed E-state index contributed by atoms with van der Waals surface area (Å²) >= 11 is 0. The van der Waals surface area contributed by atoms with Gasteiger partial charge in [-0.1, -0.05) is 38.5 Å². The second kappa shape index (κ2) is 15.1. The van der Waals surface area contributed by atoms with Crippen molar-refractivity contribution in [1.29, 1.82) is 0 Å². The molecule has 7 nitrogen and oxygen atoms in total. The van der Waals surface area contributed by atoms with E-state index >= 15 is 0 Å². The topological polar surface area (TPSA) is 57.6 Å². The molecule has 3 aliphatic rings. The van der Waals surface area contributed by atoms with Gasteiger partial charge in [-0.3, -0.25) is 14.7 Å². The first-order valence-electron chi connectivity index (χ1n) is 17.0. The number of aliphatic imine (C=N–C) groups is 1. The van der Waals surface area contributed by atoms with Crippen molar-refractivity contribution in [2.24, 2.45) is 4.99 Å². The molecule has 2 fully saturated rings. The Morgan fingerprint density at radius 3 is 2.27 bits per heavy atom. The van der Waals surface area contributed by atoms with Crippen LogP contribution in [0.3, 0.4) is 0 Å². The molecule has 0 saturated carbocycles. The third-order valence-electron chi connectivity index (χ3n) is 9.60. The summed E-state index contributed by atoms with van der Waals surface area (Å²) in [6, 6.07) is 14.9. The number of nitrogens with zero attached hydrogens (tertiary/aromatic N) is 4. The first-order chi connectivity index (χ1) is 22.1. The second-order valence-corrected chi connectivity index (χ2v) is 12.7. The fraction of sp³-hybridized carbons (Fsp3) is 0.514. The number of benzene rings is 3. The predicted molar refractivity (Wildman–Crippen MR) is 180 cm³/mol. The number of piperazine rings is 1. The van der Waals surface area contributed by atoms with Crippen molar-refractivity contribution < 1.29 is 18.7 Å². The molecule has 45 heavy (non-hydrogen) atoms. The van der Waals surface area contributed by atoms with Crippen LogP contribution in [-0.2, 0) is 0 Å². The molecule has 0 bridgehead atoms. The molecule has 0 aromatic heterocycles. The van der Waals surface area contributed by atoms with Gasteiger partial charge in [-0.25, -0.2) is 4.39 Å². The van der Waals surface area contributed by atoms with Crippen LogP contribution in [0.1, 0.15) is 74.6 Å². The van der Waals surface area contributed by atoms with Crippen molar-refractivity contribution in [3.05, 3.63) is 59.9 Å². The van der Waals surface area contributed by atoms with Crippen LogP contribution >= 0.6 is 0 Å². The van der Waals surface area contributed by atoms with Gasteiger partial charge in [0.2, 0.25) is 0 Å². The molecule has 3 aromatic carbocycles. The van der Waals surface area contributed by atoms with E-state index in [-0.39, 0.29) is 17.8 Å². The standard InChI is InChI=1S/C37H47FN4O3/c1-44-35-25-28-23-33-34(39-27-32-11-10-17-42(32)37(33)43)24-29(28)26-36(35)45-22-9-7-5-3-2-4-6-8-16-40-18-20-41(21-19-40)31-14-12-30(38)13-15-31/h12-15,23-27,32H,2-11,16-22H2,1H3/t32-/m0/s1. The molecule has 240 valence electrons. The van der Waals surface area contributed by atoms with Crippen molar-refractivity contribution in [3.63, 3.8) is 0 Å². The Kier molecular flexibility index (Phi) is 10.5. The molecule has 1 amide bonds. The van der Waals surface area contributed by atoms with E-state index in [0.29, 0.717) is 17.9 Å². The van der Waals surface area contributed by atoms with Crippen molar-refractivity contribution in [2.75, 3.05) is 57.9 Å². The fourth-order valence-electron chi connectivity index (χ4n) is 6.93. The van der Waals surface area contributed by atoms with Gasteiger partial charge in [0.05, 0.1) is 31.0 Å². The first kappa shape index (κ1) is 31.3. The lowest BCUT2D eigenvalue weighted by atomic mass is 10.0. The molecular weight excluding hydrogens is 567 g/mol. The lowest BCUT2D eigenvalue weighted by Crippen LogP contribution is -2.46. The zero-order valence-electron chi connectivity index (χ0n) is 26.7. The maximum Gasteiger partial charge on any atom is 0.256 e. The lowest BCUT2D eigenvalue weighted by Gasteiger charge is -2.36. The molecule has 1 atom stereocenters. The zero-order valence-corrected chi connectivity index (χ0v) is 26.7. The van der Waals surface area contributed by atoms with E-state index in [1.807, 2.05) is 47.5 Å². The van der Waals surface area contributed by atoms with Crippen molar-refractivity contribution in [3.8, 4) is 11.5 Å². The number of fused-ring (bicyclic) bond motifs is 3. The highest BCUT2D eigenvalue weighted by Gasteiger charge is 2.32. The summed E-state index contributed by atoms with van der Waals surface area (Å²) in [4.78, 5) is 24.7. The average molecular weight is 615 g/mol. The molecule has 6 rings (SSSR count). The van der Waals surface area contributed by atoms with Crippen molar-refractivity contribution in [2.45, 2.75) is 70.3 Å². The molecule has 0 radical (unpaired) electrons. The van der Waals surface area contributed by atoms with Crippen molar-refractivity contribution in [1.82, 2.24) is 9.80 Å². The normalized spacial score (nSPS) is 18.3. The second-order valence-electron chi connectivity index (χ2n) is 12.7. The summed E-state index contributed by atoms with van der Waals surface area (Å²) in [7, 11) is 1.66. The molecule has 2 saturated heterocycles. The third-order valence-corrected chi connectivity index (χ3v) is 9.60. The smallest absolute Gasteiger partial charge is 0.256 e. The Morgan fingerprint density at radius 1 is 0.822 bits per heavy atom. The molecule has 0 unspecified atom stereocenters. The van der Waals surface area contributed by atoms with Crippen LogP contribution in [-0.4, -0.2) is 80.9 Å². The fourth-order valence-corrected chi connectivity index (χ4v) is 6.93. The van der Waals surface area contributed by atoms with Crippen LogP contribution in [0.4, 0.5) is 15.8 Å². The van der Waals surface area contributed by atoms with Crippen LogP contribution in [0.5, 0.6) is 11.5 Å². The monoisotopic (exact) mass is 614 g/mol. The number of methoxy groups -OCH3 is 1. The number of carbonyl (C=O) groups is 1. The number of unbranched alkanes of at least 4 members (excludes halogenated alkanes) is 7. The van der Waals surface area contributed by atoms with Crippen LogP contribution in [0.25, 0.3) is 10.8 Å². The lowest BCUT2D eigenvalue weighted by molar-refractivity contribution is 0.0775. The summed E-state index contributed by atoms with van der Waals surface area (Å²) in [5, 5.41) is 1.97. The number of amides is 1. The SMILES string of the molecule is COc1cc2cc3c(cc2cc1OCCCCCCCCCCN1CCN(c2ccc(F)cc2)CC1)N=C[C@@H]1CCCN1C3=O. The predicted octanol–water partition coefficient (Wildman–Crippen LogP) is 7.63. The Morgan fingerprint density at radius 2 is 1.51 bits per heavy atom. The maximum atomic E-state index is 13.2. The van der Waals surface area contributed by atoms with Crippen LogP contribution in [0.2, 0.25) is 0 Å². The summed E-state index contributed by atoms with van der Waals surface area (Å²) in [5.74, 6) is 1.34. The van der Waals surface area contributed by atoms with Crippen LogP contribution < -0.4 is 14.4 Å². The Hall–Kier alpha value is -3.65. The van der Waals surface area contributed by atoms with E-state index < -0.39 is 0 Å². The highest BCUT2D eigenvalue weighted by Crippen LogP contribution is 2.37. The largest absolute Gasteiger partial charge is 0.493 e. The molecular formula is C37H47FN4O3. The number of carbonyl (C=O) groups excluding carboxylic acids is 1. The summed E-state index contributed by atoms with van der Waals surface area (Å²) in [6.45, 7) is 6.84. The average Bonchev–Trinajstić information content (AvgIpc) is 3.50. The highest BCUT2D eigenvalue weighted by molar-refractivity contribution is 6.07. The minimum absolute atomic E-state index is 0.0701. The molecule has 3 aliphatic heterocycles. The van der Waals surface area contributed by atoms with E-state index in [0.717, 1.165) is 86.3 Å². The molecule has 0 spiro atoms. The quantitative estimate of drug-likeness (QED) is 0.175. The minimum Gasteiger partial charge on any atom is -0.493 e. The van der Waals surface area contributed by atoms with Crippen molar-refractivity contribution >= 4 is 34.3 Å². The van der Waals surface area contributed by atoms with Gasteiger partial charge < -0.3 is 19.3 Å². The number of anilines is 1. The minimum atomic E-state index is -0.171. The van der Waals surface area contributed by atoms with Gasteiger partial charge in [0.15, 0.2) is 11.5 Å². The van der Waals surface area contributed by atoms with Gasteiger partial charge in [-0.05, 0) is 91.5 Å². The number of hydrogen-bond donors (Lipinski definition) is 0. The van der Waals surface area contributed by atoms with E-state index in [1.54, 1.807) is 19.2 Å². The highest BCUT2D eigenvalue weighted by atomic mass is 19.1. The Bertz CT molecular complexity index is 1470. The number of rotatable bonds is 14. The summed E-state index contributed by atoms with van der Waals surface area (Å²) in [5.41, 5.74) is 2.52. The van der Waals surface area contributed by atoms with Gasteiger partial charge in [0.1, 0.15) is 5.82 Å². The number of halogens is 1. The van der Waals surface area contributed by atoms with E-state index in [2.05, 4.69) is 9.80 Å². The number of ether oxygens (including phenoxy) is 2. The summed E-state index contributed by atoms with van der Waals surface area (Å²) in [6.07, 6.45) is 13.8. The van der Waals surface area contributed by atoms with Crippen LogP contribution in [0.15, 0.2) is 53.5 Å². The maximum absolute atomic E-state index is 13.2. The van der Waals surface area contributed by atoms with Gasteiger partial charge in [-0.2, -0.15) is 0 Å². The van der Waals surface area contributed by atoms with E-state index in [4.69, 9.17) is 14.5 Å². The van der Waals surface area contributed by atoms with Crippen LogP contribution in [0, 0.1) is 5.82 Å². The summed E-state index contributed by atoms with van der Waals surface area (Å²) < 4.78 is 25.0. The molecule has 0 aliphatic carbocycles. The van der Waals surface area contributed by atoms with E-state index in [9.17, 15) is 9.18 Å². The molecule has 0 N–H and O–H groups in total. The van der Waals surface area contributed by atoms with Gasteiger partial charge in [-0.15, -0.1) is 0 Å².